The molecule has 156 valence electrons. The van der Waals surface area contributed by atoms with Crippen molar-refractivity contribution in [2.75, 3.05) is 5.32 Å². The average molecular weight is 421 g/mol. The maximum atomic E-state index is 12.9. The van der Waals surface area contributed by atoms with Gasteiger partial charge in [-0.25, -0.2) is 0 Å². The summed E-state index contributed by atoms with van der Waals surface area (Å²) >= 11 is 0. The van der Waals surface area contributed by atoms with Crippen molar-refractivity contribution in [3.63, 3.8) is 0 Å². The Morgan fingerprint density at radius 2 is 1.88 bits per heavy atom. The molecule has 1 heterocycles. The van der Waals surface area contributed by atoms with Crippen LogP contribution in [0.15, 0.2) is 79.0 Å². The van der Waals surface area contributed by atoms with Crippen molar-refractivity contribution in [2.24, 2.45) is 5.73 Å². The van der Waals surface area contributed by atoms with Crippen LogP contribution < -0.4 is 15.8 Å². The van der Waals surface area contributed by atoms with E-state index in [1.807, 2.05) is 24.3 Å². The summed E-state index contributed by atoms with van der Waals surface area (Å²) < 4.78 is 5.86. The Morgan fingerprint density at radius 3 is 2.69 bits per heavy atom. The first-order valence-electron chi connectivity index (χ1n) is 9.82. The molecule has 4 rings (SSSR count). The van der Waals surface area contributed by atoms with Crippen LogP contribution in [0.5, 0.6) is 5.75 Å². The Morgan fingerprint density at radius 1 is 1.03 bits per heavy atom. The van der Waals surface area contributed by atoms with Crippen molar-refractivity contribution < 1.29 is 14.3 Å². The van der Waals surface area contributed by atoms with Gasteiger partial charge in [-0.15, -0.1) is 6.42 Å². The zero-order chi connectivity index (χ0) is 22.5. The van der Waals surface area contributed by atoms with Crippen LogP contribution in [0.25, 0.3) is 10.8 Å². The van der Waals surface area contributed by atoms with Crippen molar-refractivity contribution in [3.8, 4) is 18.1 Å². The van der Waals surface area contributed by atoms with Gasteiger partial charge in [-0.05, 0) is 70.9 Å². The number of rotatable bonds is 6. The molecular formula is C26H19N3O3. The molecule has 3 aromatic carbocycles. The van der Waals surface area contributed by atoms with E-state index in [1.54, 1.807) is 48.5 Å². The second-order valence-electron chi connectivity index (χ2n) is 7.07. The maximum Gasteiger partial charge on any atom is 0.267 e. The molecule has 0 spiro atoms. The summed E-state index contributed by atoms with van der Waals surface area (Å²) in [5, 5.41) is 4.55. The van der Waals surface area contributed by atoms with Crippen LogP contribution >= 0.6 is 0 Å². The second kappa shape index (κ2) is 9.02. The van der Waals surface area contributed by atoms with Crippen molar-refractivity contribution in [1.29, 1.82) is 0 Å². The largest absolute Gasteiger partial charge is 0.489 e. The number of nitrogens with two attached hydrogens (primary N) is 1. The number of hydrogen-bond donors (Lipinski definition) is 2. The molecule has 0 radical (unpaired) electrons. The molecule has 3 N–H and O–H groups in total. The third-order valence-electron chi connectivity index (χ3n) is 4.87. The number of pyridine rings is 1. The number of anilines is 1. The van der Waals surface area contributed by atoms with Crippen LogP contribution in [0.3, 0.4) is 0 Å². The summed E-state index contributed by atoms with van der Waals surface area (Å²) in [7, 11) is 0. The van der Waals surface area contributed by atoms with Gasteiger partial charge in [0.15, 0.2) is 0 Å². The molecule has 0 saturated carbocycles. The summed E-state index contributed by atoms with van der Waals surface area (Å²) in [6.45, 7) is 0.250. The molecule has 0 atom stereocenters. The molecule has 0 unspecified atom stereocenters. The third kappa shape index (κ3) is 4.58. The van der Waals surface area contributed by atoms with E-state index in [0.29, 0.717) is 22.6 Å². The van der Waals surface area contributed by atoms with E-state index in [1.165, 1.54) is 6.20 Å². The molecule has 6 heteroatoms. The summed E-state index contributed by atoms with van der Waals surface area (Å²) in [6, 6.07) is 21.5. The van der Waals surface area contributed by atoms with Gasteiger partial charge in [-0.2, -0.15) is 0 Å². The van der Waals surface area contributed by atoms with Gasteiger partial charge >= 0.3 is 0 Å². The quantitative estimate of drug-likeness (QED) is 0.458. The van der Waals surface area contributed by atoms with E-state index in [9.17, 15) is 9.59 Å². The fourth-order valence-corrected chi connectivity index (χ4v) is 3.30. The van der Waals surface area contributed by atoms with Crippen LogP contribution in [-0.4, -0.2) is 16.8 Å². The number of hydrogen-bond acceptors (Lipinski definition) is 4. The summed E-state index contributed by atoms with van der Waals surface area (Å²) in [4.78, 5) is 28.1. The van der Waals surface area contributed by atoms with Crippen molar-refractivity contribution in [1.82, 2.24) is 4.98 Å². The van der Waals surface area contributed by atoms with E-state index in [2.05, 4.69) is 16.2 Å². The fraction of sp³-hybridized carbons (Fsp3) is 0.0385. The lowest BCUT2D eigenvalue weighted by molar-refractivity contribution is 0.0993. The monoisotopic (exact) mass is 421 g/mol. The minimum atomic E-state index is -0.589. The highest BCUT2D eigenvalue weighted by Crippen LogP contribution is 2.25. The summed E-state index contributed by atoms with van der Waals surface area (Å²) in [5.41, 5.74) is 8.10. The fourth-order valence-electron chi connectivity index (χ4n) is 3.30. The Labute approximate surface area is 185 Å². The third-order valence-corrected chi connectivity index (χ3v) is 4.87. The molecule has 1 aromatic heterocycles. The van der Waals surface area contributed by atoms with E-state index < -0.39 is 5.91 Å². The van der Waals surface area contributed by atoms with E-state index in [4.69, 9.17) is 16.9 Å². The van der Waals surface area contributed by atoms with Crippen LogP contribution in [-0.2, 0) is 6.61 Å². The SMILES string of the molecule is C#Cc1cccc(NC(=O)c2cccc3cc(OCc4ccnc(C(N)=O)c4)ccc23)c1. The number of terminal acetylenes is 1. The Kier molecular flexibility index (Phi) is 5.82. The van der Waals surface area contributed by atoms with Crippen LogP contribution in [0.2, 0.25) is 0 Å². The van der Waals surface area contributed by atoms with Gasteiger partial charge < -0.3 is 15.8 Å². The van der Waals surface area contributed by atoms with E-state index >= 15 is 0 Å². The number of nitrogens with one attached hydrogen (secondary N) is 1. The number of ether oxygens (including phenoxy) is 1. The van der Waals surface area contributed by atoms with Crippen molar-refractivity contribution in [2.45, 2.75) is 6.61 Å². The Balaban J connectivity index is 1.53. The number of benzene rings is 3. The van der Waals surface area contributed by atoms with Crippen molar-refractivity contribution >= 4 is 28.3 Å². The van der Waals surface area contributed by atoms with E-state index in [0.717, 1.165) is 16.3 Å². The summed E-state index contributed by atoms with van der Waals surface area (Å²) in [6.07, 6.45) is 6.95. The highest BCUT2D eigenvalue weighted by molar-refractivity contribution is 6.13. The molecule has 0 aliphatic heterocycles. The molecule has 0 aliphatic rings. The second-order valence-corrected chi connectivity index (χ2v) is 7.07. The van der Waals surface area contributed by atoms with Crippen LogP contribution in [0.1, 0.15) is 32.0 Å². The molecule has 6 nitrogen and oxygen atoms in total. The number of fused-ring (bicyclic) bond motifs is 1. The molecular weight excluding hydrogens is 402 g/mol. The van der Waals surface area contributed by atoms with Crippen LogP contribution in [0.4, 0.5) is 5.69 Å². The first-order valence-corrected chi connectivity index (χ1v) is 9.82. The molecule has 2 amide bonds. The normalized spacial score (nSPS) is 10.3. The van der Waals surface area contributed by atoms with Gasteiger partial charge in [0.1, 0.15) is 18.1 Å². The lowest BCUT2D eigenvalue weighted by Crippen LogP contribution is -2.13. The lowest BCUT2D eigenvalue weighted by atomic mass is 10.0. The number of nitrogens with zero attached hydrogens (tertiary/aromatic N) is 1. The molecule has 0 bridgehead atoms. The number of carbonyl (C=O) groups is 2. The van der Waals surface area contributed by atoms with Gasteiger partial charge in [0.2, 0.25) is 0 Å². The van der Waals surface area contributed by atoms with Crippen molar-refractivity contribution in [3.05, 3.63) is 101 Å². The molecule has 0 fully saturated rings. The summed E-state index contributed by atoms with van der Waals surface area (Å²) in [5.74, 6) is 2.37. The maximum absolute atomic E-state index is 12.9. The zero-order valence-corrected chi connectivity index (χ0v) is 17.0. The first kappa shape index (κ1) is 20.6. The highest BCUT2D eigenvalue weighted by Gasteiger charge is 2.11. The highest BCUT2D eigenvalue weighted by atomic mass is 16.5. The number of carbonyl (C=O) groups excluding carboxylic acids is 2. The van der Waals surface area contributed by atoms with Gasteiger partial charge in [0.05, 0.1) is 0 Å². The van der Waals surface area contributed by atoms with Crippen LogP contribution in [0, 0.1) is 12.3 Å². The first-order chi connectivity index (χ1) is 15.5. The van der Waals surface area contributed by atoms with Gasteiger partial charge in [0, 0.05) is 23.0 Å². The van der Waals surface area contributed by atoms with Gasteiger partial charge in [0.25, 0.3) is 11.8 Å². The standard InChI is InChI=1S/C26H19N3O3/c1-2-17-5-3-7-20(13-17)29-26(31)23-8-4-6-19-15-21(9-10-22(19)23)32-16-18-11-12-28-24(14-18)25(27)30/h1,3-15H,16H2,(H2,27,30)(H,29,31). The lowest BCUT2D eigenvalue weighted by Gasteiger charge is -2.11. The molecule has 32 heavy (non-hydrogen) atoms. The smallest absolute Gasteiger partial charge is 0.267 e. The molecule has 0 aliphatic carbocycles. The Bertz CT molecular complexity index is 1370. The molecule has 4 aromatic rings. The predicted molar refractivity (Wildman–Crippen MR) is 123 cm³/mol. The molecule has 0 saturated heterocycles. The number of amides is 2. The number of primary amides is 1. The topological polar surface area (TPSA) is 94.3 Å². The average Bonchev–Trinajstić information content (AvgIpc) is 2.82. The zero-order valence-electron chi connectivity index (χ0n) is 17.0. The van der Waals surface area contributed by atoms with E-state index in [-0.39, 0.29) is 18.2 Å². The number of aromatic nitrogens is 1. The minimum absolute atomic E-state index is 0.188. The van der Waals surface area contributed by atoms with Gasteiger partial charge in [-0.1, -0.05) is 24.1 Å². The van der Waals surface area contributed by atoms with Gasteiger partial charge in [-0.3, -0.25) is 14.6 Å². The predicted octanol–water partition coefficient (Wildman–Crippen LogP) is 4.15. The minimum Gasteiger partial charge on any atom is -0.489 e. The Hall–Kier alpha value is -4.63.